The van der Waals surface area contributed by atoms with Crippen molar-refractivity contribution in [2.45, 2.75) is 6.10 Å². The van der Waals surface area contributed by atoms with Crippen LogP contribution in [0.5, 0.6) is 0 Å². The van der Waals surface area contributed by atoms with Gasteiger partial charge in [-0.1, -0.05) is 24.3 Å². The summed E-state index contributed by atoms with van der Waals surface area (Å²) >= 11 is 0. The molecule has 0 aliphatic heterocycles. The number of aliphatic hydroxyl groups excluding tert-OH is 1. The Morgan fingerprint density at radius 2 is 1.41 bits per heavy atom. The molecule has 2 rings (SSSR count). The van der Waals surface area contributed by atoms with Gasteiger partial charge in [-0.05, 0) is 35.4 Å². The van der Waals surface area contributed by atoms with E-state index in [-0.39, 0.29) is 5.82 Å². The standard InChI is InChI=1S/C14H10FNO/c15-13-7-5-12(6-8-13)14(17)11-3-1-10(9-16)2-4-11/h1-8,14,17H. The van der Waals surface area contributed by atoms with Crippen molar-refractivity contribution < 1.29 is 9.50 Å². The van der Waals surface area contributed by atoms with Gasteiger partial charge in [0.1, 0.15) is 11.9 Å². The maximum atomic E-state index is 12.7. The van der Waals surface area contributed by atoms with Crippen LogP contribution < -0.4 is 0 Å². The highest BCUT2D eigenvalue weighted by Gasteiger charge is 2.09. The van der Waals surface area contributed by atoms with Gasteiger partial charge in [-0.3, -0.25) is 0 Å². The lowest BCUT2D eigenvalue weighted by Crippen LogP contribution is -1.99. The molecular formula is C14H10FNO. The first-order chi connectivity index (χ1) is 8.20. The maximum Gasteiger partial charge on any atom is 0.123 e. The normalized spacial score (nSPS) is 11.8. The van der Waals surface area contributed by atoms with Crippen LogP contribution in [0.4, 0.5) is 4.39 Å². The molecule has 0 aliphatic rings. The van der Waals surface area contributed by atoms with E-state index in [0.717, 1.165) is 0 Å². The Morgan fingerprint density at radius 3 is 1.88 bits per heavy atom. The van der Waals surface area contributed by atoms with Gasteiger partial charge in [0, 0.05) is 0 Å². The maximum absolute atomic E-state index is 12.7. The van der Waals surface area contributed by atoms with Gasteiger partial charge in [0.05, 0.1) is 11.6 Å². The molecule has 2 aromatic rings. The lowest BCUT2D eigenvalue weighted by Gasteiger charge is -2.11. The number of nitrogens with zero attached hydrogens (tertiary/aromatic N) is 1. The molecular weight excluding hydrogens is 217 g/mol. The van der Waals surface area contributed by atoms with Crippen molar-refractivity contribution in [2.24, 2.45) is 0 Å². The number of hydrogen-bond acceptors (Lipinski definition) is 2. The van der Waals surface area contributed by atoms with E-state index in [1.807, 2.05) is 6.07 Å². The van der Waals surface area contributed by atoms with E-state index in [0.29, 0.717) is 16.7 Å². The zero-order valence-corrected chi connectivity index (χ0v) is 8.97. The summed E-state index contributed by atoms with van der Waals surface area (Å²) in [7, 11) is 0. The molecule has 1 atom stereocenters. The second-order valence-electron chi connectivity index (χ2n) is 3.69. The van der Waals surface area contributed by atoms with Crippen LogP contribution in [0.25, 0.3) is 0 Å². The molecule has 0 saturated carbocycles. The Labute approximate surface area is 98.6 Å². The Hall–Kier alpha value is -2.18. The van der Waals surface area contributed by atoms with Crippen molar-refractivity contribution in [3.8, 4) is 6.07 Å². The molecule has 0 amide bonds. The van der Waals surface area contributed by atoms with Crippen molar-refractivity contribution in [2.75, 3.05) is 0 Å². The molecule has 0 aliphatic carbocycles. The van der Waals surface area contributed by atoms with E-state index in [4.69, 9.17) is 5.26 Å². The number of hydrogen-bond donors (Lipinski definition) is 1. The van der Waals surface area contributed by atoms with Crippen LogP contribution in [-0.2, 0) is 0 Å². The number of benzene rings is 2. The zero-order valence-electron chi connectivity index (χ0n) is 8.97. The second-order valence-corrected chi connectivity index (χ2v) is 3.69. The number of nitriles is 1. The Kier molecular flexibility index (Phi) is 3.17. The Balaban J connectivity index is 2.27. The second kappa shape index (κ2) is 4.77. The van der Waals surface area contributed by atoms with E-state index < -0.39 is 6.10 Å². The summed E-state index contributed by atoms with van der Waals surface area (Å²) in [6.07, 6.45) is -0.802. The third-order valence-electron chi connectivity index (χ3n) is 2.54. The summed E-state index contributed by atoms with van der Waals surface area (Å²) in [5, 5.41) is 18.7. The molecule has 3 heteroatoms. The average Bonchev–Trinajstić information content (AvgIpc) is 2.39. The minimum absolute atomic E-state index is 0.333. The first kappa shape index (κ1) is 11.3. The molecule has 0 bridgehead atoms. The van der Waals surface area contributed by atoms with Gasteiger partial charge in [-0.15, -0.1) is 0 Å². The first-order valence-corrected chi connectivity index (χ1v) is 5.14. The molecule has 0 heterocycles. The molecule has 0 saturated heterocycles. The highest BCUT2D eigenvalue weighted by Crippen LogP contribution is 2.22. The molecule has 1 unspecified atom stereocenters. The minimum Gasteiger partial charge on any atom is -0.384 e. The summed E-state index contributed by atoms with van der Waals surface area (Å²) in [4.78, 5) is 0. The largest absolute Gasteiger partial charge is 0.384 e. The molecule has 84 valence electrons. The monoisotopic (exact) mass is 227 g/mol. The fourth-order valence-electron chi connectivity index (χ4n) is 1.58. The number of rotatable bonds is 2. The van der Waals surface area contributed by atoms with Crippen LogP contribution in [0.2, 0.25) is 0 Å². The molecule has 2 aromatic carbocycles. The summed E-state index contributed by atoms with van der Waals surface area (Å²) in [6, 6.07) is 14.4. The first-order valence-electron chi connectivity index (χ1n) is 5.14. The molecule has 0 fully saturated rings. The van der Waals surface area contributed by atoms with Gasteiger partial charge in [-0.25, -0.2) is 4.39 Å². The molecule has 0 aromatic heterocycles. The molecule has 1 N–H and O–H groups in total. The van der Waals surface area contributed by atoms with E-state index in [1.165, 1.54) is 24.3 Å². The van der Waals surface area contributed by atoms with Crippen molar-refractivity contribution >= 4 is 0 Å². The summed E-state index contributed by atoms with van der Waals surface area (Å²) in [5.74, 6) is -0.333. The molecule has 2 nitrogen and oxygen atoms in total. The number of halogens is 1. The fourth-order valence-corrected chi connectivity index (χ4v) is 1.58. The zero-order chi connectivity index (χ0) is 12.3. The lowest BCUT2D eigenvalue weighted by molar-refractivity contribution is 0.220. The van der Waals surface area contributed by atoms with Gasteiger partial charge in [0.25, 0.3) is 0 Å². The van der Waals surface area contributed by atoms with Crippen LogP contribution >= 0.6 is 0 Å². The van der Waals surface area contributed by atoms with Gasteiger partial charge >= 0.3 is 0 Å². The van der Waals surface area contributed by atoms with Crippen molar-refractivity contribution in [1.29, 1.82) is 5.26 Å². The van der Waals surface area contributed by atoms with Gasteiger partial charge < -0.3 is 5.11 Å². The topological polar surface area (TPSA) is 44.0 Å². The van der Waals surface area contributed by atoms with Crippen LogP contribution in [0.3, 0.4) is 0 Å². The van der Waals surface area contributed by atoms with Crippen molar-refractivity contribution in [3.05, 3.63) is 71.0 Å². The van der Waals surface area contributed by atoms with Gasteiger partial charge in [0.15, 0.2) is 0 Å². The Morgan fingerprint density at radius 1 is 0.941 bits per heavy atom. The minimum atomic E-state index is -0.802. The fraction of sp³-hybridized carbons (Fsp3) is 0.0714. The predicted molar refractivity (Wildman–Crippen MR) is 61.6 cm³/mol. The van der Waals surface area contributed by atoms with Crippen LogP contribution in [0.15, 0.2) is 48.5 Å². The summed E-state index contributed by atoms with van der Waals surface area (Å²) < 4.78 is 12.7. The van der Waals surface area contributed by atoms with E-state index >= 15 is 0 Å². The van der Waals surface area contributed by atoms with Gasteiger partial charge in [0.2, 0.25) is 0 Å². The molecule has 0 radical (unpaired) electrons. The Bertz CT molecular complexity index is 540. The molecule has 0 spiro atoms. The van der Waals surface area contributed by atoms with Crippen LogP contribution in [0.1, 0.15) is 22.8 Å². The third-order valence-corrected chi connectivity index (χ3v) is 2.54. The van der Waals surface area contributed by atoms with E-state index in [9.17, 15) is 9.50 Å². The predicted octanol–water partition coefficient (Wildman–Crippen LogP) is 2.78. The van der Waals surface area contributed by atoms with Crippen LogP contribution in [-0.4, -0.2) is 5.11 Å². The quantitative estimate of drug-likeness (QED) is 0.857. The third kappa shape index (κ3) is 2.49. The summed E-state index contributed by atoms with van der Waals surface area (Å²) in [5.41, 5.74) is 1.84. The number of aliphatic hydroxyl groups is 1. The highest BCUT2D eigenvalue weighted by atomic mass is 19.1. The highest BCUT2D eigenvalue weighted by molar-refractivity contribution is 5.36. The van der Waals surface area contributed by atoms with Crippen LogP contribution in [0, 0.1) is 17.1 Å². The average molecular weight is 227 g/mol. The summed E-state index contributed by atoms with van der Waals surface area (Å²) in [6.45, 7) is 0. The smallest absolute Gasteiger partial charge is 0.123 e. The molecule has 17 heavy (non-hydrogen) atoms. The van der Waals surface area contributed by atoms with E-state index in [2.05, 4.69) is 0 Å². The van der Waals surface area contributed by atoms with E-state index in [1.54, 1.807) is 24.3 Å². The van der Waals surface area contributed by atoms with Gasteiger partial charge in [-0.2, -0.15) is 5.26 Å². The van der Waals surface area contributed by atoms with Crippen molar-refractivity contribution in [1.82, 2.24) is 0 Å². The lowest BCUT2D eigenvalue weighted by atomic mass is 10.0. The van der Waals surface area contributed by atoms with Crippen molar-refractivity contribution in [3.63, 3.8) is 0 Å². The SMILES string of the molecule is N#Cc1ccc(C(O)c2ccc(F)cc2)cc1.